The Kier molecular flexibility index (Phi) is 9.32. The molecule has 11 nitrogen and oxygen atoms in total. The van der Waals surface area contributed by atoms with Crippen LogP contribution in [-0.2, 0) is 12.8 Å². The van der Waals surface area contributed by atoms with Gasteiger partial charge in [0.2, 0.25) is 5.95 Å². The number of carbonyl (C=O) groups excluding carboxylic acids is 1. The summed E-state index contributed by atoms with van der Waals surface area (Å²) in [4.78, 5) is 34.2. The lowest BCUT2D eigenvalue weighted by molar-refractivity contribution is 0.152. The monoisotopic (exact) mass is 636 g/mol. The molecule has 232 valence electrons. The number of urea groups is 1. The third kappa shape index (κ3) is 6.06. The van der Waals surface area contributed by atoms with Gasteiger partial charge in [0.15, 0.2) is 11.5 Å². The van der Waals surface area contributed by atoms with Crippen molar-refractivity contribution in [1.29, 1.82) is 0 Å². The third-order valence-corrected chi connectivity index (χ3v) is 8.38. The van der Waals surface area contributed by atoms with Crippen LogP contribution in [0.2, 0.25) is 0 Å². The Hall–Kier alpha value is -3.88. The molecule has 1 fully saturated rings. The van der Waals surface area contributed by atoms with E-state index < -0.39 is 5.82 Å². The average molecular weight is 637 g/mol. The molecule has 5 heterocycles. The van der Waals surface area contributed by atoms with Gasteiger partial charge in [-0.25, -0.2) is 14.2 Å². The number of nitrogens with one attached hydrogen (secondary N) is 3. The molecule has 1 aromatic carbocycles. The van der Waals surface area contributed by atoms with E-state index in [4.69, 9.17) is 9.97 Å². The van der Waals surface area contributed by atoms with Gasteiger partial charge in [0.05, 0.1) is 18.4 Å². The first-order valence-electron chi connectivity index (χ1n) is 14.4. The highest BCUT2D eigenvalue weighted by Gasteiger charge is 2.26. The van der Waals surface area contributed by atoms with Crippen molar-refractivity contribution in [2.45, 2.75) is 38.3 Å². The first kappa shape index (κ1) is 31.5. The number of pyridine rings is 1. The Morgan fingerprint density at radius 3 is 2.68 bits per heavy atom. The van der Waals surface area contributed by atoms with Gasteiger partial charge >= 0.3 is 6.03 Å². The summed E-state index contributed by atoms with van der Waals surface area (Å²) in [6.07, 6.45) is 7.07. The van der Waals surface area contributed by atoms with Crippen molar-refractivity contribution in [3.05, 3.63) is 71.6 Å². The second kappa shape index (κ2) is 13.0. The number of anilines is 1. The topological polar surface area (TPSA) is 119 Å². The smallest absolute Gasteiger partial charge is 0.317 e. The highest BCUT2D eigenvalue weighted by molar-refractivity contribution is 7.59. The van der Waals surface area contributed by atoms with Crippen molar-refractivity contribution in [3.63, 3.8) is 0 Å². The maximum absolute atomic E-state index is 14.2. The molecule has 0 bridgehead atoms. The molecule has 2 amide bonds. The first-order chi connectivity index (χ1) is 20.4. The zero-order valence-corrected chi connectivity index (χ0v) is 26.6. The second-order valence-electron chi connectivity index (χ2n) is 11.3. The number of fused-ring (bicyclic) bond motifs is 4. The van der Waals surface area contributed by atoms with Crippen LogP contribution >= 0.6 is 27.0 Å². The minimum atomic E-state index is -0.467. The summed E-state index contributed by atoms with van der Waals surface area (Å²) in [7, 11) is 2.06. The van der Waals surface area contributed by atoms with E-state index in [0.29, 0.717) is 36.1 Å². The van der Waals surface area contributed by atoms with Crippen molar-refractivity contribution in [2.24, 2.45) is 0 Å². The molecule has 0 radical (unpaired) electrons. The number of carbonyl (C=O) groups is 1. The van der Waals surface area contributed by atoms with Crippen LogP contribution in [0.5, 0.6) is 0 Å². The van der Waals surface area contributed by atoms with Crippen molar-refractivity contribution < 1.29 is 9.18 Å². The molecule has 3 N–H and O–H groups in total. The molecule has 44 heavy (non-hydrogen) atoms. The summed E-state index contributed by atoms with van der Waals surface area (Å²) in [5, 5.41) is 12.6. The summed E-state index contributed by atoms with van der Waals surface area (Å²) < 4.78 is 15.8. The fourth-order valence-electron chi connectivity index (χ4n) is 6.00. The Labute approximate surface area is 268 Å². The van der Waals surface area contributed by atoms with Gasteiger partial charge < -0.3 is 25.4 Å². The fraction of sp³-hybridized carbons (Fsp3) is 0.367. The molecule has 1 saturated heterocycles. The van der Waals surface area contributed by atoms with Crippen LogP contribution in [0, 0.1) is 5.82 Å². The van der Waals surface area contributed by atoms with E-state index in [1.807, 2.05) is 17.9 Å². The number of nitrogens with zero attached hydrogens (tertiary/aromatic N) is 7. The fourth-order valence-corrected chi connectivity index (χ4v) is 6.00. The van der Waals surface area contributed by atoms with Crippen LogP contribution in [0.15, 0.2) is 48.9 Å². The zero-order valence-electron chi connectivity index (χ0n) is 24.6. The lowest BCUT2D eigenvalue weighted by Gasteiger charge is -2.33. The second-order valence-corrected chi connectivity index (χ2v) is 11.3. The van der Waals surface area contributed by atoms with Crippen molar-refractivity contribution >= 4 is 55.5 Å². The van der Waals surface area contributed by atoms with Gasteiger partial charge in [-0.2, -0.15) is 41.6 Å². The number of halogens is 1. The summed E-state index contributed by atoms with van der Waals surface area (Å²) in [5.74, 6) is 0.377. The van der Waals surface area contributed by atoms with E-state index in [1.54, 1.807) is 16.9 Å². The van der Waals surface area contributed by atoms with Crippen LogP contribution in [0.3, 0.4) is 0 Å². The first-order valence-corrected chi connectivity index (χ1v) is 14.4. The summed E-state index contributed by atoms with van der Waals surface area (Å²) in [5.41, 5.74) is 5.50. The SMILES string of the molecule is CC(NC(=O)N1CCN(C)CC1)c1cnn2c(NC3CCc4[nH]c5ccccc5c4C3)nc(-c3cncc(F)c3)nc12.S.S. The maximum atomic E-state index is 14.2. The summed E-state index contributed by atoms with van der Waals surface area (Å²) in [6, 6.07) is 9.38. The highest BCUT2D eigenvalue weighted by Crippen LogP contribution is 2.31. The molecule has 4 aromatic heterocycles. The molecule has 14 heteroatoms. The number of aromatic nitrogens is 6. The molecule has 2 atom stereocenters. The lowest BCUT2D eigenvalue weighted by atomic mass is 9.91. The van der Waals surface area contributed by atoms with Gasteiger partial charge in [0, 0.05) is 66.1 Å². The lowest BCUT2D eigenvalue weighted by Crippen LogP contribution is -2.51. The molecule has 1 aliphatic carbocycles. The van der Waals surface area contributed by atoms with E-state index in [2.05, 4.69) is 55.8 Å². The summed E-state index contributed by atoms with van der Waals surface area (Å²) >= 11 is 0. The quantitative estimate of drug-likeness (QED) is 0.267. The highest BCUT2D eigenvalue weighted by atomic mass is 32.1. The third-order valence-electron chi connectivity index (χ3n) is 8.38. The number of amides is 2. The van der Waals surface area contributed by atoms with Crippen LogP contribution in [0.1, 0.15) is 36.2 Å². The van der Waals surface area contributed by atoms with Gasteiger partial charge in [0.25, 0.3) is 0 Å². The Bertz CT molecular complexity index is 1780. The van der Waals surface area contributed by atoms with Gasteiger partial charge in [-0.05, 0) is 50.9 Å². The van der Waals surface area contributed by atoms with E-state index >= 15 is 0 Å². The molecular formula is C30H37FN10OS2. The number of rotatable bonds is 5. The largest absolute Gasteiger partial charge is 0.358 e. The Morgan fingerprint density at radius 1 is 1.09 bits per heavy atom. The molecular weight excluding hydrogens is 600 g/mol. The van der Waals surface area contributed by atoms with E-state index in [0.717, 1.165) is 49.6 Å². The molecule has 0 spiro atoms. The predicted molar refractivity (Wildman–Crippen MR) is 178 cm³/mol. The van der Waals surface area contributed by atoms with Crippen molar-refractivity contribution in [1.82, 2.24) is 44.7 Å². The van der Waals surface area contributed by atoms with Crippen LogP contribution in [0.4, 0.5) is 15.1 Å². The van der Waals surface area contributed by atoms with E-state index in [9.17, 15) is 9.18 Å². The molecule has 0 saturated carbocycles. The Morgan fingerprint density at radius 2 is 1.89 bits per heavy atom. The van der Waals surface area contributed by atoms with Gasteiger partial charge in [0.1, 0.15) is 5.82 Å². The summed E-state index contributed by atoms with van der Waals surface area (Å²) in [6.45, 7) is 4.95. The zero-order chi connectivity index (χ0) is 28.8. The van der Waals surface area contributed by atoms with Crippen molar-refractivity contribution in [3.8, 4) is 11.4 Å². The number of likely N-dealkylation sites (N-methyl/N-ethyl adjacent to an activating group) is 1. The molecule has 2 aliphatic rings. The minimum Gasteiger partial charge on any atom is -0.358 e. The number of benzene rings is 1. The van der Waals surface area contributed by atoms with Crippen LogP contribution in [-0.4, -0.2) is 84.6 Å². The standard InChI is InChI=1S/C30H33FN10O.2H2S/c1-18(34-30(42)40-11-9-39(2)10-12-40)24-17-33-41-28(24)37-27(19-13-20(31)16-32-15-19)38-29(41)35-21-7-8-26-23(14-21)22-5-3-4-6-25(22)36-26;;/h3-6,13,15-18,21,36H,7-12,14H2,1-2H3,(H,34,42)(H,35,37,38);2*1H2. The number of aromatic amines is 1. The molecule has 2 unspecified atom stereocenters. The van der Waals surface area contributed by atoms with Crippen LogP contribution in [0.25, 0.3) is 27.9 Å². The van der Waals surface area contributed by atoms with Gasteiger partial charge in [-0.1, -0.05) is 18.2 Å². The molecule has 7 rings (SSSR count). The minimum absolute atomic E-state index is 0. The normalized spacial score (nSPS) is 17.4. The number of aryl methyl sites for hydroxylation is 1. The maximum Gasteiger partial charge on any atom is 0.317 e. The Balaban J connectivity index is 0.00000192. The number of hydrogen-bond acceptors (Lipinski definition) is 7. The predicted octanol–water partition coefficient (Wildman–Crippen LogP) is 4.02. The van der Waals surface area contributed by atoms with Gasteiger partial charge in [-0.15, -0.1) is 0 Å². The number of hydrogen-bond donors (Lipinski definition) is 3. The van der Waals surface area contributed by atoms with Gasteiger partial charge in [-0.3, -0.25) is 4.98 Å². The van der Waals surface area contributed by atoms with Crippen LogP contribution < -0.4 is 10.6 Å². The van der Waals surface area contributed by atoms with Crippen molar-refractivity contribution in [2.75, 3.05) is 38.5 Å². The van der Waals surface area contributed by atoms with E-state index in [-0.39, 0.29) is 45.1 Å². The average Bonchev–Trinajstić information content (AvgIpc) is 3.59. The van der Waals surface area contributed by atoms with E-state index in [1.165, 1.54) is 22.7 Å². The molecule has 1 aliphatic heterocycles. The number of para-hydroxylation sites is 1. The molecule has 5 aromatic rings. The number of H-pyrrole nitrogens is 1. The number of piperazine rings is 1.